The van der Waals surface area contributed by atoms with Crippen LogP contribution in [0.5, 0.6) is 5.75 Å². The van der Waals surface area contributed by atoms with Crippen LogP contribution in [0.25, 0.3) is 22.8 Å². The first-order valence-electron chi connectivity index (χ1n) is 6.71. The molecule has 0 fully saturated rings. The summed E-state index contributed by atoms with van der Waals surface area (Å²) in [5.74, 6) is 2.05. The molecule has 0 bridgehead atoms. The molecule has 0 aliphatic rings. The van der Waals surface area contributed by atoms with Crippen molar-refractivity contribution in [2.24, 2.45) is 0 Å². The molecule has 0 aliphatic heterocycles. The van der Waals surface area contributed by atoms with Crippen LogP contribution in [0.4, 0.5) is 0 Å². The molecule has 0 saturated carbocycles. The lowest BCUT2D eigenvalue weighted by Gasteiger charge is -2.01. The molecule has 108 valence electrons. The van der Waals surface area contributed by atoms with Gasteiger partial charge in [0.15, 0.2) is 0 Å². The van der Waals surface area contributed by atoms with Crippen LogP contribution in [-0.2, 0) is 0 Å². The van der Waals surface area contributed by atoms with Crippen molar-refractivity contribution in [1.29, 1.82) is 0 Å². The number of aromatic amines is 1. The SMILES string of the molecule is COc1cccc(-c2noc(-c3cn[nH]c3C(C)C)n2)c1. The van der Waals surface area contributed by atoms with Crippen LogP contribution in [0, 0.1) is 0 Å². The van der Waals surface area contributed by atoms with Crippen LogP contribution in [-0.4, -0.2) is 27.4 Å². The maximum Gasteiger partial charge on any atom is 0.261 e. The minimum absolute atomic E-state index is 0.301. The van der Waals surface area contributed by atoms with Crippen molar-refractivity contribution in [3.8, 4) is 28.6 Å². The minimum Gasteiger partial charge on any atom is -0.497 e. The number of hydrogen-bond acceptors (Lipinski definition) is 5. The molecule has 0 amide bonds. The fourth-order valence-electron chi connectivity index (χ4n) is 2.12. The van der Waals surface area contributed by atoms with E-state index in [4.69, 9.17) is 9.26 Å². The van der Waals surface area contributed by atoms with Crippen molar-refractivity contribution in [2.75, 3.05) is 7.11 Å². The quantitative estimate of drug-likeness (QED) is 0.795. The molecular weight excluding hydrogens is 268 g/mol. The topological polar surface area (TPSA) is 76.8 Å². The molecule has 2 heterocycles. The number of ether oxygens (including phenoxy) is 1. The summed E-state index contributed by atoms with van der Waals surface area (Å²) in [6.07, 6.45) is 1.71. The Kier molecular flexibility index (Phi) is 3.43. The molecule has 0 aliphatic carbocycles. The molecule has 0 atom stereocenters. The number of methoxy groups -OCH3 is 1. The first-order valence-corrected chi connectivity index (χ1v) is 6.71. The maximum atomic E-state index is 5.37. The van der Waals surface area contributed by atoms with Crippen molar-refractivity contribution >= 4 is 0 Å². The molecule has 21 heavy (non-hydrogen) atoms. The Morgan fingerprint density at radius 2 is 2.14 bits per heavy atom. The average Bonchev–Trinajstić information content (AvgIpc) is 3.15. The summed E-state index contributed by atoms with van der Waals surface area (Å²) in [7, 11) is 1.63. The van der Waals surface area contributed by atoms with Gasteiger partial charge in [-0.3, -0.25) is 5.10 Å². The zero-order valence-corrected chi connectivity index (χ0v) is 12.1. The van der Waals surface area contributed by atoms with E-state index >= 15 is 0 Å². The van der Waals surface area contributed by atoms with E-state index in [2.05, 4.69) is 34.2 Å². The van der Waals surface area contributed by atoms with Gasteiger partial charge in [0.25, 0.3) is 5.89 Å². The van der Waals surface area contributed by atoms with Gasteiger partial charge in [-0.25, -0.2) is 0 Å². The second kappa shape index (κ2) is 5.40. The van der Waals surface area contributed by atoms with Crippen LogP contribution >= 0.6 is 0 Å². The van der Waals surface area contributed by atoms with Crippen LogP contribution < -0.4 is 4.74 Å². The van der Waals surface area contributed by atoms with Crippen LogP contribution in [0.3, 0.4) is 0 Å². The highest BCUT2D eigenvalue weighted by atomic mass is 16.5. The summed E-state index contributed by atoms with van der Waals surface area (Å²) in [5.41, 5.74) is 2.67. The summed E-state index contributed by atoms with van der Waals surface area (Å²) >= 11 is 0. The van der Waals surface area contributed by atoms with Gasteiger partial charge in [-0.2, -0.15) is 10.1 Å². The average molecular weight is 284 g/mol. The van der Waals surface area contributed by atoms with Crippen molar-refractivity contribution in [3.63, 3.8) is 0 Å². The molecule has 6 heteroatoms. The summed E-state index contributed by atoms with van der Waals surface area (Å²) in [5, 5.41) is 11.1. The third-order valence-electron chi connectivity index (χ3n) is 3.23. The number of aromatic nitrogens is 4. The highest BCUT2D eigenvalue weighted by Crippen LogP contribution is 2.28. The van der Waals surface area contributed by atoms with E-state index in [1.165, 1.54) is 0 Å². The number of H-pyrrole nitrogens is 1. The molecule has 3 rings (SSSR count). The first kappa shape index (κ1) is 13.4. The molecule has 0 spiro atoms. The van der Waals surface area contributed by atoms with Gasteiger partial charge in [0, 0.05) is 5.56 Å². The Morgan fingerprint density at radius 3 is 2.90 bits per heavy atom. The number of benzene rings is 1. The van der Waals surface area contributed by atoms with E-state index in [9.17, 15) is 0 Å². The molecule has 6 nitrogen and oxygen atoms in total. The summed E-state index contributed by atoms with van der Waals surface area (Å²) in [6.45, 7) is 4.16. The van der Waals surface area contributed by atoms with Crippen LogP contribution in [0.1, 0.15) is 25.5 Å². The van der Waals surface area contributed by atoms with Gasteiger partial charge in [-0.15, -0.1) is 0 Å². The van der Waals surface area contributed by atoms with Crippen molar-refractivity contribution in [1.82, 2.24) is 20.3 Å². The van der Waals surface area contributed by atoms with Crippen molar-refractivity contribution < 1.29 is 9.26 Å². The lowest BCUT2D eigenvalue weighted by molar-refractivity contribution is 0.414. The van der Waals surface area contributed by atoms with Gasteiger partial charge >= 0.3 is 0 Å². The smallest absolute Gasteiger partial charge is 0.261 e. The molecule has 0 unspecified atom stereocenters. The second-order valence-electron chi connectivity index (χ2n) is 5.01. The van der Waals surface area contributed by atoms with E-state index in [0.717, 1.165) is 22.6 Å². The van der Waals surface area contributed by atoms with Gasteiger partial charge in [0.1, 0.15) is 5.75 Å². The van der Waals surface area contributed by atoms with E-state index in [-0.39, 0.29) is 0 Å². The van der Waals surface area contributed by atoms with E-state index in [1.54, 1.807) is 13.3 Å². The zero-order valence-electron chi connectivity index (χ0n) is 12.1. The zero-order chi connectivity index (χ0) is 14.8. The highest BCUT2D eigenvalue weighted by molar-refractivity contribution is 5.62. The molecule has 2 aromatic heterocycles. The highest BCUT2D eigenvalue weighted by Gasteiger charge is 2.17. The van der Waals surface area contributed by atoms with Crippen LogP contribution in [0.2, 0.25) is 0 Å². The van der Waals surface area contributed by atoms with E-state index < -0.39 is 0 Å². The molecule has 0 saturated heterocycles. The number of nitrogens with zero attached hydrogens (tertiary/aromatic N) is 3. The lowest BCUT2D eigenvalue weighted by atomic mass is 10.1. The van der Waals surface area contributed by atoms with E-state index in [1.807, 2.05) is 24.3 Å². The molecular formula is C15H16N4O2. The maximum absolute atomic E-state index is 5.37. The summed E-state index contributed by atoms with van der Waals surface area (Å²) in [6, 6.07) is 7.54. The third-order valence-corrected chi connectivity index (χ3v) is 3.23. The molecule has 3 aromatic rings. The summed E-state index contributed by atoms with van der Waals surface area (Å²) in [4.78, 5) is 4.45. The fourth-order valence-corrected chi connectivity index (χ4v) is 2.12. The van der Waals surface area contributed by atoms with Gasteiger partial charge in [-0.05, 0) is 18.1 Å². The summed E-state index contributed by atoms with van der Waals surface area (Å²) < 4.78 is 10.6. The number of rotatable bonds is 4. The predicted octanol–water partition coefficient (Wildman–Crippen LogP) is 3.26. The largest absolute Gasteiger partial charge is 0.497 e. The fraction of sp³-hybridized carbons (Fsp3) is 0.267. The first-order chi connectivity index (χ1) is 10.2. The van der Waals surface area contributed by atoms with Gasteiger partial charge < -0.3 is 9.26 Å². The van der Waals surface area contributed by atoms with Gasteiger partial charge in [0.2, 0.25) is 5.82 Å². The van der Waals surface area contributed by atoms with Crippen molar-refractivity contribution in [3.05, 3.63) is 36.2 Å². The lowest BCUT2D eigenvalue weighted by Crippen LogP contribution is -1.91. The Hall–Kier alpha value is -2.63. The van der Waals surface area contributed by atoms with Crippen molar-refractivity contribution in [2.45, 2.75) is 19.8 Å². The monoisotopic (exact) mass is 284 g/mol. The Balaban J connectivity index is 1.98. The number of hydrogen-bond donors (Lipinski definition) is 1. The number of nitrogens with one attached hydrogen (secondary N) is 1. The molecule has 1 aromatic carbocycles. The standard InChI is InChI=1S/C15H16N4O2/c1-9(2)13-12(8-16-18-13)15-17-14(19-21-15)10-5-4-6-11(7-10)20-3/h4-9H,1-3H3,(H,16,18). The normalized spacial score (nSPS) is 11.0. The predicted molar refractivity (Wildman–Crippen MR) is 78.0 cm³/mol. The third kappa shape index (κ3) is 2.52. The van der Waals surface area contributed by atoms with E-state index in [0.29, 0.717) is 17.6 Å². The second-order valence-corrected chi connectivity index (χ2v) is 5.01. The van der Waals surface area contributed by atoms with Gasteiger partial charge in [0.05, 0.1) is 24.6 Å². The Labute approximate surface area is 122 Å². The van der Waals surface area contributed by atoms with Gasteiger partial charge in [-0.1, -0.05) is 31.1 Å². The molecule has 1 N–H and O–H groups in total. The Bertz CT molecular complexity index is 745. The van der Waals surface area contributed by atoms with Crippen LogP contribution in [0.15, 0.2) is 35.0 Å². The Morgan fingerprint density at radius 1 is 1.29 bits per heavy atom. The molecule has 0 radical (unpaired) electrons. The minimum atomic E-state index is 0.301.